The predicted octanol–water partition coefficient (Wildman–Crippen LogP) is 2.18. The lowest BCUT2D eigenvalue weighted by molar-refractivity contribution is -0.305. The number of nitrogens with zero attached hydrogens (tertiary/aromatic N) is 3. The van der Waals surface area contributed by atoms with E-state index in [0.29, 0.717) is 6.42 Å². The van der Waals surface area contributed by atoms with Crippen LogP contribution in [-0.2, 0) is 18.3 Å². The molecule has 120 valence electrons. The normalized spacial score (nSPS) is 11.4. The summed E-state index contributed by atoms with van der Waals surface area (Å²) in [7, 11) is 1.97. The monoisotopic (exact) mass is 318 g/mol. The number of carboxylic acids is 1. The number of carbonyl (C=O) groups excluding carboxylic acids is 1. The number of hydrogen-bond acceptors (Lipinski definition) is 3. The van der Waals surface area contributed by atoms with Gasteiger partial charge in [-0.2, -0.15) is 0 Å². The molecule has 4 aromatic rings. The molecule has 0 fully saturated rings. The van der Waals surface area contributed by atoms with Crippen molar-refractivity contribution in [2.45, 2.75) is 12.8 Å². The standard InChI is InChI=1S/C19H17N3O2/c1-21-14-9-5-6-10-15(14)22-16(11-12-17(23)24)18(20-19(21)22)13-7-3-2-4-8-13/h2-10H,11-12H2,1H3,(H,23,24)/p-1. The van der Waals surface area contributed by atoms with Crippen molar-refractivity contribution >= 4 is 22.8 Å². The number of carbonyl (C=O) groups is 1. The summed E-state index contributed by atoms with van der Waals surface area (Å²) >= 11 is 0. The summed E-state index contributed by atoms with van der Waals surface area (Å²) in [6.45, 7) is 0. The fraction of sp³-hybridized carbons (Fsp3) is 0.158. The number of fused-ring (bicyclic) bond motifs is 3. The van der Waals surface area contributed by atoms with Gasteiger partial charge in [0, 0.05) is 18.6 Å². The van der Waals surface area contributed by atoms with Crippen molar-refractivity contribution in [2.75, 3.05) is 0 Å². The number of benzene rings is 2. The van der Waals surface area contributed by atoms with Crippen LogP contribution in [0.1, 0.15) is 12.1 Å². The van der Waals surface area contributed by atoms with Crippen molar-refractivity contribution in [3.63, 3.8) is 0 Å². The Morgan fingerprint density at radius 2 is 1.71 bits per heavy atom. The highest BCUT2D eigenvalue weighted by atomic mass is 16.4. The summed E-state index contributed by atoms with van der Waals surface area (Å²) in [6, 6.07) is 17.9. The quantitative estimate of drug-likeness (QED) is 0.579. The molecule has 0 bridgehead atoms. The molecule has 0 saturated carbocycles. The van der Waals surface area contributed by atoms with E-state index in [1.165, 1.54) is 0 Å². The van der Waals surface area contributed by atoms with Crippen molar-refractivity contribution < 1.29 is 9.90 Å². The SMILES string of the molecule is Cn1c2ccccc2n2c(CCC(=O)[O-])c(-c3ccccc3)nc12. The number of carboxylic acid groups (broad SMARTS) is 1. The minimum atomic E-state index is -1.05. The summed E-state index contributed by atoms with van der Waals surface area (Å²) in [4.78, 5) is 15.8. The third kappa shape index (κ3) is 2.17. The largest absolute Gasteiger partial charge is 0.550 e. The van der Waals surface area contributed by atoms with Crippen LogP contribution >= 0.6 is 0 Å². The summed E-state index contributed by atoms with van der Waals surface area (Å²) in [6.07, 6.45) is 0.346. The van der Waals surface area contributed by atoms with Gasteiger partial charge >= 0.3 is 0 Å². The predicted molar refractivity (Wildman–Crippen MR) is 90.4 cm³/mol. The maximum atomic E-state index is 11.0. The van der Waals surface area contributed by atoms with Gasteiger partial charge in [0.25, 0.3) is 0 Å². The van der Waals surface area contributed by atoms with Crippen LogP contribution in [0.4, 0.5) is 0 Å². The maximum absolute atomic E-state index is 11.0. The van der Waals surface area contributed by atoms with Crippen molar-refractivity contribution in [1.82, 2.24) is 14.0 Å². The first kappa shape index (κ1) is 14.5. The lowest BCUT2D eigenvalue weighted by Crippen LogP contribution is -2.22. The molecule has 0 aliphatic carbocycles. The topological polar surface area (TPSA) is 62.4 Å². The van der Waals surface area contributed by atoms with Crippen molar-refractivity contribution in [3.05, 3.63) is 60.3 Å². The zero-order valence-electron chi connectivity index (χ0n) is 13.3. The number of imidazole rings is 2. The molecule has 0 aliphatic rings. The van der Waals surface area contributed by atoms with Crippen LogP contribution in [0.5, 0.6) is 0 Å². The highest BCUT2D eigenvalue weighted by Crippen LogP contribution is 2.29. The number of para-hydroxylation sites is 2. The van der Waals surface area contributed by atoms with Gasteiger partial charge in [-0.15, -0.1) is 0 Å². The lowest BCUT2D eigenvalue weighted by Gasteiger charge is -2.06. The molecule has 2 heterocycles. The van der Waals surface area contributed by atoms with Crippen molar-refractivity contribution in [1.29, 1.82) is 0 Å². The van der Waals surface area contributed by atoms with E-state index in [2.05, 4.69) is 4.40 Å². The minimum Gasteiger partial charge on any atom is -0.550 e. The average molecular weight is 318 g/mol. The van der Waals surface area contributed by atoms with Gasteiger partial charge in [0.1, 0.15) is 0 Å². The molecule has 4 rings (SSSR count). The Morgan fingerprint density at radius 3 is 2.42 bits per heavy atom. The van der Waals surface area contributed by atoms with E-state index in [1.54, 1.807) is 0 Å². The van der Waals surface area contributed by atoms with E-state index in [1.807, 2.05) is 66.2 Å². The Bertz CT molecular complexity index is 1040. The van der Waals surface area contributed by atoms with Crippen LogP contribution in [0, 0.1) is 0 Å². The van der Waals surface area contributed by atoms with Gasteiger partial charge in [-0.3, -0.25) is 4.40 Å². The van der Waals surface area contributed by atoms with Crippen molar-refractivity contribution in [2.24, 2.45) is 7.05 Å². The summed E-state index contributed by atoms with van der Waals surface area (Å²) < 4.78 is 4.09. The second-order valence-electron chi connectivity index (χ2n) is 5.83. The first-order valence-corrected chi connectivity index (χ1v) is 7.87. The van der Waals surface area contributed by atoms with Crippen LogP contribution in [0.25, 0.3) is 28.1 Å². The molecule has 0 amide bonds. The van der Waals surface area contributed by atoms with Crippen LogP contribution in [-0.4, -0.2) is 19.9 Å². The van der Waals surface area contributed by atoms with E-state index in [9.17, 15) is 9.90 Å². The Balaban J connectivity index is 2.03. The third-order valence-corrected chi connectivity index (χ3v) is 4.35. The van der Waals surface area contributed by atoms with E-state index in [4.69, 9.17) is 4.98 Å². The van der Waals surface area contributed by atoms with E-state index in [0.717, 1.165) is 33.8 Å². The molecule has 0 spiro atoms. The molecule has 5 heteroatoms. The van der Waals surface area contributed by atoms with Gasteiger partial charge in [-0.25, -0.2) is 4.98 Å². The summed E-state index contributed by atoms with van der Waals surface area (Å²) in [5.41, 5.74) is 4.80. The maximum Gasteiger partial charge on any atom is 0.215 e. The number of aliphatic carboxylic acids is 1. The molecule has 5 nitrogen and oxygen atoms in total. The second-order valence-corrected chi connectivity index (χ2v) is 5.83. The Morgan fingerprint density at radius 1 is 1.04 bits per heavy atom. The van der Waals surface area contributed by atoms with Gasteiger partial charge in [0.15, 0.2) is 0 Å². The zero-order chi connectivity index (χ0) is 16.7. The molecule has 2 aromatic carbocycles. The van der Waals surface area contributed by atoms with Crippen LogP contribution in [0.3, 0.4) is 0 Å². The minimum absolute atomic E-state index is 0.0309. The number of hydrogen-bond donors (Lipinski definition) is 0. The summed E-state index contributed by atoms with van der Waals surface area (Å²) in [5, 5.41) is 11.0. The highest BCUT2D eigenvalue weighted by Gasteiger charge is 2.19. The van der Waals surface area contributed by atoms with Gasteiger partial charge in [-0.1, -0.05) is 42.5 Å². The third-order valence-electron chi connectivity index (χ3n) is 4.35. The highest BCUT2D eigenvalue weighted by molar-refractivity contribution is 5.83. The Hall–Kier alpha value is -3.08. The molecular formula is C19H16N3O2-. The van der Waals surface area contributed by atoms with Crippen molar-refractivity contribution in [3.8, 4) is 11.3 Å². The zero-order valence-corrected chi connectivity index (χ0v) is 13.3. The fourth-order valence-corrected chi connectivity index (χ4v) is 3.24. The first-order chi connectivity index (χ1) is 11.7. The molecule has 0 N–H and O–H groups in total. The number of aryl methyl sites for hydroxylation is 2. The molecule has 0 unspecified atom stereocenters. The molecule has 24 heavy (non-hydrogen) atoms. The lowest BCUT2D eigenvalue weighted by atomic mass is 10.1. The molecule has 2 aromatic heterocycles. The molecule has 0 saturated heterocycles. The van der Waals surface area contributed by atoms with E-state index < -0.39 is 5.97 Å². The first-order valence-electron chi connectivity index (χ1n) is 7.87. The smallest absolute Gasteiger partial charge is 0.215 e. The second kappa shape index (κ2) is 5.53. The van der Waals surface area contributed by atoms with Gasteiger partial charge in [0.2, 0.25) is 5.78 Å². The molecule has 0 aliphatic heterocycles. The molecule has 0 atom stereocenters. The molecule has 0 radical (unpaired) electrons. The van der Waals surface area contributed by atoms with Gasteiger partial charge in [-0.05, 0) is 25.0 Å². The van der Waals surface area contributed by atoms with Crippen LogP contribution < -0.4 is 5.11 Å². The number of rotatable bonds is 4. The number of aromatic nitrogens is 3. The molecular weight excluding hydrogens is 302 g/mol. The average Bonchev–Trinajstić information content (AvgIpc) is 3.11. The fourth-order valence-electron chi connectivity index (χ4n) is 3.24. The van der Waals surface area contributed by atoms with Crippen LogP contribution in [0.2, 0.25) is 0 Å². The van der Waals surface area contributed by atoms with Crippen LogP contribution in [0.15, 0.2) is 54.6 Å². The van der Waals surface area contributed by atoms with E-state index in [-0.39, 0.29) is 6.42 Å². The Kier molecular flexibility index (Phi) is 3.34. The van der Waals surface area contributed by atoms with Gasteiger partial charge < -0.3 is 14.5 Å². The van der Waals surface area contributed by atoms with E-state index >= 15 is 0 Å². The Labute approximate surface area is 138 Å². The van der Waals surface area contributed by atoms with Gasteiger partial charge in [0.05, 0.1) is 22.4 Å². The summed E-state index contributed by atoms with van der Waals surface area (Å²) in [5.74, 6) is -0.243.